The first-order valence-electron chi connectivity index (χ1n) is 11.0. The van der Waals surface area contributed by atoms with Crippen molar-refractivity contribution < 1.29 is 9.32 Å². The fraction of sp³-hybridized carbons (Fsp3) is 0.292. The lowest BCUT2D eigenvalue weighted by Crippen LogP contribution is -2.36. The summed E-state index contributed by atoms with van der Waals surface area (Å²) in [6, 6.07) is 17.5. The van der Waals surface area contributed by atoms with Crippen LogP contribution in [-0.2, 0) is 11.3 Å². The third-order valence-corrected chi connectivity index (χ3v) is 6.45. The van der Waals surface area contributed by atoms with E-state index in [1.54, 1.807) is 6.20 Å². The average molecular weight is 461 g/mol. The van der Waals surface area contributed by atoms with Crippen LogP contribution >= 0.6 is 11.8 Å². The molecule has 33 heavy (non-hydrogen) atoms. The van der Waals surface area contributed by atoms with E-state index in [0.29, 0.717) is 30.6 Å². The molecule has 2 aromatic carbocycles. The van der Waals surface area contributed by atoms with Crippen molar-refractivity contribution in [3.63, 3.8) is 0 Å². The average Bonchev–Trinajstić information content (AvgIpc) is 3.20. The van der Waals surface area contributed by atoms with Crippen LogP contribution < -0.4 is 0 Å². The third kappa shape index (κ3) is 5.37. The molecule has 1 aliphatic rings. The maximum Gasteiger partial charge on any atom is 0.257 e. The van der Waals surface area contributed by atoms with Gasteiger partial charge in [0.25, 0.3) is 5.89 Å². The molecule has 4 aromatic rings. The Bertz CT molecular complexity index is 1230. The van der Waals surface area contributed by atoms with Gasteiger partial charge in [-0.2, -0.15) is 4.98 Å². The van der Waals surface area contributed by atoms with Gasteiger partial charge in [0.2, 0.25) is 5.91 Å². The first-order chi connectivity index (χ1) is 16.2. The second-order valence-corrected chi connectivity index (χ2v) is 8.87. The highest BCUT2D eigenvalue weighted by molar-refractivity contribution is 7.99. The Kier molecular flexibility index (Phi) is 6.59. The van der Waals surface area contributed by atoms with Crippen molar-refractivity contribution in [1.29, 1.82) is 0 Å². The molecule has 9 heteroatoms. The number of nitrogens with zero attached hydrogens (tertiary/aromatic N) is 6. The fourth-order valence-corrected chi connectivity index (χ4v) is 4.58. The smallest absolute Gasteiger partial charge is 0.257 e. The van der Waals surface area contributed by atoms with Crippen LogP contribution in [0.2, 0.25) is 0 Å². The Morgan fingerprint density at radius 2 is 1.76 bits per heavy atom. The van der Waals surface area contributed by atoms with E-state index in [4.69, 9.17) is 4.52 Å². The molecular weight excluding hydrogens is 436 g/mol. The van der Waals surface area contributed by atoms with E-state index in [0.717, 1.165) is 47.7 Å². The van der Waals surface area contributed by atoms with Crippen molar-refractivity contribution >= 4 is 28.7 Å². The molecule has 5 rings (SSSR count). The standard InChI is InChI=1S/C24H24N6O2S/c31-23(17-33-22-15-25-19-9-4-5-10-20(19)26-22)30-12-6-11-29(13-14-30)16-21-27-24(32-28-21)18-7-2-1-3-8-18/h1-5,7-10,15H,6,11-14,16-17H2. The highest BCUT2D eigenvalue weighted by atomic mass is 32.2. The summed E-state index contributed by atoms with van der Waals surface area (Å²) in [5, 5.41) is 4.90. The maximum atomic E-state index is 12.8. The number of para-hydroxylation sites is 2. The van der Waals surface area contributed by atoms with Gasteiger partial charge in [0.15, 0.2) is 5.82 Å². The monoisotopic (exact) mass is 460 g/mol. The zero-order valence-corrected chi connectivity index (χ0v) is 18.9. The first-order valence-corrected chi connectivity index (χ1v) is 12.0. The zero-order chi connectivity index (χ0) is 22.5. The number of hydrogen-bond acceptors (Lipinski definition) is 8. The van der Waals surface area contributed by atoms with E-state index < -0.39 is 0 Å². The van der Waals surface area contributed by atoms with E-state index in [1.807, 2.05) is 59.5 Å². The fourth-order valence-electron chi connectivity index (χ4n) is 3.83. The number of amides is 1. The predicted molar refractivity (Wildman–Crippen MR) is 126 cm³/mol. The summed E-state index contributed by atoms with van der Waals surface area (Å²) >= 11 is 1.44. The summed E-state index contributed by atoms with van der Waals surface area (Å²) in [4.78, 5) is 30.6. The van der Waals surface area contributed by atoms with Crippen LogP contribution in [0.5, 0.6) is 0 Å². The number of fused-ring (bicyclic) bond motifs is 1. The minimum absolute atomic E-state index is 0.128. The number of hydrogen-bond donors (Lipinski definition) is 0. The van der Waals surface area contributed by atoms with E-state index in [-0.39, 0.29) is 5.91 Å². The molecule has 168 valence electrons. The van der Waals surface area contributed by atoms with Gasteiger partial charge in [0, 0.05) is 31.7 Å². The number of carbonyl (C=O) groups excluding carboxylic acids is 1. The molecule has 0 bridgehead atoms. The topological polar surface area (TPSA) is 88.3 Å². The highest BCUT2D eigenvalue weighted by Gasteiger charge is 2.21. The number of carbonyl (C=O) groups is 1. The summed E-state index contributed by atoms with van der Waals surface area (Å²) in [5.41, 5.74) is 2.62. The highest BCUT2D eigenvalue weighted by Crippen LogP contribution is 2.20. The van der Waals surface area contributed by atoms with Crippen LogP contribution in [-0.4, -0.2) is 67.7 Å². The molecule has 3 heterocycles. The van der Waals surface area contributed by atoms with Crippen molar-refractivity contribution in [3.05, 3.63) is 66.6 Å². The lowest BCUT2D eigenvalue weighted by atomic mass is 10.2. The van der Waals surface area contributed by atoms with E-state index in [1.165, 1.54) is 11.8 Å². The van der Waals surface area contributed by atoms with Gasteiger partial charge in [-0.05, 0) is 30.7 Å². The van der Waals surface area contributed by atoms with Gasteiger partial charge < -0.3 is 9.42 Å². The molecule has 2 aromatic heterocycles. The van der Waals surface area contributed by atoms with Crippen LogP contribution in [0.15, 0.2) is 70.3 Å². The van der Waals surface area contributed by atoms with Crippen LogP contribution in [0.4, 0.5) is 0 Å². The SMILES string of the molecule is O=C(CSc1cnc2ccccc2n1)N1CCCN(Cc2noc(-c3ccccc3)n2)CC1. The molecule has 0 atom stereocenters. The molecule has 0 radical (unpaired) electrons. The molecule has 1 fully saturated rings. The Labute approximate surface area is 196 Å². The predicted octanol–water partition coefficient (Wildman–Crippen LogP) is 3.51. The summed E-state index contributed by atoms with van der Waals surface area (Å²) in [6.45, 7) is 3.72. The van der Waals surface area contributed by atoms with Gasteiger partial charge in [-0.15, -0.1) is 0 Å². The van der Waals surface area contributed by atoms with Crippen LogP contribution in [0, 0.1) is 0 Å². The van der Waals surface area contributed by atoms with Gasteiger partial charge >= 0.3 is 0 Å². The third-order valence-electron chi connectivity index (χ3n) is 5.57. The molecule has 0 unspecified atom stereocenters. The second kappa shape index (κ2) is 10.1. The second-order valence-electron chi connectivity index (χ2n) is 7.88. The van der Waals surface area contributed by atoms with E-state index in [9.17, 15) is 4.79 Å². The van der Waals surface area contributed by atoms with Crippen molar-refractivity contribution in [2.75, 3.05) is 31.9 Å². The van der Waals surface area contributed by atoms with Gasteiger partial charge in [0.1, 0.15) is 5.03 Å². The van der Waals surface area contributed by atoms with Gasteiger partial charge in [-0.3, -0.25) is 14.7 Å². The van der Waals surface area contributed by atoms with E-state index in [2.05, 4.69) is 25.0 Å². The largest absolute Gasteiger partial charge is 0.341 e. The minimum atomic E-state index is 0.128. The van der Waals surface area contributed by atoms with Gasteiger partial charge in [-0.25, -0.2) is 4.98 Å². The maximum absolute atomic E-state index is 12.8. The number of aromatic nitrogens is 4. The lowest BCUT2D eigenvalue weighted by molar-refractivity contribution is -0.128. The Morgan fingerprint density at radius 1 is 0.939 bits per heavy atom. The van der Waals surface area contributed by atoms with Crippen molar-refractivity contribution in [1.82, 2.24) is 29.9 Å². The molecule has 1 aliphatic heterocycles. The normalized spacial score (nSPS) is 15.0. The number of rotatable bonds is 6. The molecule has 0 N–H and O–H groups in total. The van der Waals surface area contributed by atoms with Crippen LogP contribution in [0.1, 0.15) is 12.2 Å². The Balaban J connectivity index is 1.13. The van der Waals surface area contributed by atoms with Crippen molar-refractivity contribution in [2.45, 2.75) is 18.0 Å². The molecule has 0 aliphatic carbocycles. The Hall–Kier alpha value is -3.30. The van der Waals surface area contributed by atoms with Crippen molar-refractivity contribution in [2.24, 2.45) is 0 Å². The summed E-state index contributed by atoms with van der Waals surface area (Å²) in [5.74, 6) is 1.69. The van der Waals surface area contributed by atoms with Gasteiger partial charge in [0.05, 0.1) is 29.5 Å². The lowest BCUT2D eigenvalue weighted by Gasteiger charge is -2.21. The molecule has 0 spiro atoms. The first kappa shape index (κ1) is 21.5. The molecule has 1 saturated heterocycles. The minimum Gasteiger partial charge on any atom is -0.341 e. The van der Waals surface area contributed by atoms with Crippen LogP contribution in [0.25, 0.3) is 22.5 Å². The molecule has 1 amide bonds. The van der Waals surface area contributed by atoms with Crippen molar-refractivity contribution in [3.8, 4) is 11.5 Å². The quantitative estimate of drug-likeness (QED) is 0.404. The van der Waals surface area contributed by atoms with Gasteiger partial charge in [-0.1, -0.05) is 47.3 Å². The molecule has 8 nitrogen and oxygen atoms in total. The molecule has 0 saturated carbocycles. The number of benzene rings is 2. The summed E-state index contributed by atoms with van der Waals surface area (Å²) in [6.07, 6.45) is 2.65. The Morgan fingerprint density at radius 3 is 2.64 bits per heavy atom. The zero-order valence-electron chi connectivity index (χ0n) is 18.1. The summed E-state index contributed by atoms with van der Waals surface area (Å²) in [7, 11) is 0. The van der Waals surface area contributed by atoms with E-state index >= 15 is 0 Å². The van der Waals surface area contributed by atoms with Crippen LogP contribution in [0.3, 0.4) is 0 Å². The number of thioether (sulfide) groups is 1. The molecular formula is C24H24N6O2S. The summed E-state index contributed by atoms with van der Waals surface area (Å²) < 4.78 is 5.42.